The third-order valence-electron chi connectivity index (χ3n) is 4.48. The molecule has 0 fully saturated rings. The summed E-state index contributed by atoms with van der Waals surface area (Å²) in [7, 11) is 3.24. The molecule has 0 bridgehead atoms. The molecule has 214 valence electrons. The Balaban J connectivity index is 3.43. The molecular weight excluding hydrogens is 478 g/mol. The summed E-state index contributed by atoms with van der Waals surface area (Å²) < 4.78 is 41.7. The fourth-order valence-corrected chi connectivity index (χ4v) is 2.51. The van der Waals surface area contributed by atoms with E-state index in [0.29, 0.717) is 106 Å². The average molecular weight is 526 g/mol. The molecule has 0 aliphatic carbocycles. The zero-order chi connectivity index (χ0) is 26.5. The van der Waals surface area contributed by atoms with Crippen LogP contribution in [0.3, 0.4) is 0 Å². The minimum Gasteiger partial charge on any atom is -0.382 e. The van der Waals surface area contributed by atoms with Crippen LogP contribution in [0.25, 0.3) is 0 Å². The summed E-state index contributed by atoms with van der Waals surface area (Å²) in [6.45, 7) is 7.39. The Kier molecular flexibility index (Phi) is 27.0. The monoisotopic (exact) mass is 525 g/mol. The first-order chi connectivity index (χ1) is 17.6. The lowest BCUT2D eigenvalue weighted by Gasteiger charge is -2.13. The van der Waals surface area contributed by atoms with Gasteiger partial charge in [0.1, 0.15) is 0 Å². The van der Waals surface area contributed by atoms with E-state index in [0.717, 1.165) is 0 Å². The van der Waals surface area contributed by atoms with Gasteiger partial charge >= 0.3 is 0 Å². The number of carbonyl (C=O) groups excluding carboxylic acids is 2. The molecule has 13 nitrogen and oxygen atoms in total. The number of carbonyl (C=O) groups is 2. The summed E-state index contributed by atoms with van der Waals surface area (Å²) in [4.78, 5) is 23.9. The largest absolute Gasteiger partial charge is 0.382 e. The van der Waals surface area contributed by atoms with Gasteiger partial charge in [0.25, 0.3) is 0 Å². The number of ether oxygens (including phenoxy) is 8. The minimum atomic E-state index is -0.760. The minimum absolute atomic E-state index is 0.157. The van der Waals surface area contributed by atoms with Gasteiger partial charge in [0.15, 0.2) is 0 Å². The molecule has 0 heterocycles. The molecular formula is C23H47N3O10. The van der Waals surface area contributed by atoms with Crippen LogP contribution in [0, 0.1) is 0 Å². The zero-order valence-corrected chi connectivity index (χ0v) is 22.0. The van der Waals surface area contributed by atoms with Crippen LogP contribution >= 0.6 is 0 Å². The summed E-state index contributed by atoms with van der Waals surface area (Å²) in [6.07, 6.45) is 0.407. The van der Waals surface area contributed by atoms with Crippen molar-refractivity contribution in [3.8, 4) is 0 Å². The zero-order valence-electron chi connectivity index (χ0n) is 22.0. The SMILES string of the molecule is COCCOCCOCCOCCNC(=O)CC[C@H](N)C(=O)NCCOCCOCCOCCOC. The Morgan fingerprint density at radius 3 is 1.36 bits per heavy atom. The van der Waals surface area contributed by atoms with Crippen molar-refractivity contribution >= 4 is 11.8 Å². The van der Waals surface area contributed by atoms with E-state index in [4.69, 9.17) is 43.6 Å². The van der Waals surface area contributed by atoms with Crippen LogP contribution in [0.1, 0.15) is 12.8 Å². The van der Waals surface area contributed by atoms with Crippen LogP contribution in [-0.2, 0) is 47.5 Å². The number of rotatable bonds is 28. The van der Waals surface area contributed by atoms with Crippen LogP contribution in [0.2, 0.25) is 0 Å². The van der Waals surface area contributed by atoms with E-state index < -0.39 is 6.04 Å². The van der Waals surface area contributed by atoms with E-state index >= 15 is 0 Å². The highest BCUT2D eigenvalue weighted by molar-refractivity contribution is 5.82. The molecule has 0 rings (SSSR count). The third-order valence-corrected chi connectivity index (χ3v) is 4.48. The first kappa shape index (κ1) is 34.6. The van der Waals surface area contributed by atoms with Crippen LogP contribution in [0.15, 0.2) is 0 Å². The Labute approximate surface area is 214 Å². The summed E-state index contributed by atoms with van der Waals surface area (Å²) in [5.41, 5.74) is 5.85. The molecule has 0 aliphatic heterocycles. The topological polar surface area (TPSA) is 158 Å². The average Bonchev–Trinajstić information content (AvgIpc) is 2.88. The van der Waals surface area contributed by atoms with Crippen LogP contribution in [0.5, 0.6) is 0 Å². The van der Waals surface area contributed by atoms with Crippen LogP contribution in [-0.4, -0.2) is 138 Å². The molecule has 4 N–H and O–H groups in total. The fourth-order valence-electron chi connectivity index (χ4n) is 2.51. The van der Waals surface area contributed by atoms with E-state index in [1.165, 1.54) is 0 Å². The highest BCUT2D eigenvalue weighted by Crippen LogP contribution is 1.95. The highest BCUT2D eigenvalue weighted by Gasteiger charge is 2.14. The van der Waals surface area contributed by atoms with Crippen molar-refractivity contribution in [3.63, 3.8) is 0 Å². The lowest BCUT2D eigenvalue weighted by Crippen LogP contribution is -2.42. The van der Waals surface area contributed by atoms with Gasteiger partial charge in [-0.2, -0.15) is 0 Å². The molecule has 0 saturated carbocycles. The molecule has 13 heteroatoms. The standard InChI is InChI=1S/C23H47N3O10/c1-29-9-11-33-17-19-35-15-13-31-7-5-25-22(27)4-3-21(24)23(28)26-6-8-32-14-16-36-20-18-34-12-10-30-2/h21H,3-20,24H2,1-2H3,(H,25,27)(H,26,28)/t21-/m0/s1. The molecule has 36 heavy (non-hydrogen) atoms. The molecule has 0 saturated heterocycles. The van der Waals surface area contributed by atoms with Crippen molar-refractivity contribution in [1.29, 1.82) is 0 Å². The smallest absolute Gasteiger partial charge is 0.237 e. The summed E-state index contributed by atoms with van der Waals surface area (Å²) >= 11 is 0. The molecule has 0 aliphatic rings. The summed E-state index contributed by atoms with van der Waals surface area (Å²) in [5, 5.41) is 5.42. The lowest BCUT2D eigenvalue weighted by molar-refractivity contribution is -0.123. The maximum Gasteiger partial charge on any atom is 0.237 e. The van der Waals surface area contributed by atoms with Gasteiger partial charge in [-0.1, -0.05) is 0 Å². The van der Waals surface area contributed by atoms with Crippen molar-refractivity contribution in [2.24, 2.45) is 5.73 Å². The predicted molar refractivity (Wildman–Crippen MR) is 132 cm³/mol. The Bertz CT molecular complexity index is 503. The normalized spacial score (nSPS) is 12.0. The number of methoxy groups -OCH3 is 2. The van der Waals surface area contributed by atoms with Crippen molar-refractivity contribution in [2.75, 3.05) is 120 Å². The molecule has 0 unspecified atom stereocenters. The molecule has 0 aromatic rings. The fraction of sp³-hybridized carbons (Fsp3) is 0.913. The van der Waals surface area contributed by atoms with Crippen molar-refractivity contribution < 1.29 is 47.5 Å². The molecule has 2 amide bonds. The predicted octanol–water partition coefficient (Wildman–Crippen LogP) is -1.28. The van der Waals surface area contributed by atoms with E-state index in [-0.39, 0.29) is 24.7 Å². The first-order valence-corrected chi connectivity index (χ1v) is 12.4. The number of nitrogens with two attached hydrogens (primary N) is 1. The highest BCUT2D eigenvalue weighted by atomic mass is 16.6. The van der Waals surface area contributed by atoms with E-state index in [1.54, 1.807) is 14.2 Å². The Hall–Kier alpha value is -1.42. The first-order valence-electron chi connectivity index (χ1n) is 12.4. The van der Waals surface area contributed by atoms with Gasteiger partial charge in [0.05, 0.1) is 98.5 Å². The van der Waals surface area contributed by atoms with Crippen molar-refractivity contribution in [1.82, 2.24) is 10.6 Å². The number of amides is 2. The Morgan fingerprint density at radius 2 is 0.944 bits per heavy atom. The second-order valence-electron chi connectivity index (χ2n) is 7.45. The quantitative estimate of drug-likeness (QED) is 0.104. The van der Waals surface area contributed by atoms with Crippen molar-refractivity contribution in [2.45, 2.75) is 18.9 Å². The summed E-state index contributed by atoms with van der Waals surface area (Å²) in [6, 6.07) is -0.760. The third kappa shape index (κ3) is 25.7. The maximum absolute atomic E-state index is 12.0. The Morgan fingerprint density at radius 1 is 0.583 bits per heavy atom. The second-order valence-corrected chi connectivity index (χ2v) is 7.45. The van der Waals surface area contributed by atoms with Gasteiger partial charge in [0, 0.05) is 33.7 Å². The van der Waals surface area contributed by atoms with E-state index in [9.17, 15) is 9.59 Å². The lowest BCUT2D eigenvalue weighted by atomic mass is 10.1. The van der Waals surface area contributed by atoms with E-state index in [2.05, 4.69) is 10.6 Å². The maximum atomic E-state index is 12.0. The number of hydrogen-bond donors (Lipinski definition) is 3. The molecule has 0 spiro atoms. The van der Waals surface area contributed by atoms with Gasteiger partial charge in [0.2, 0.25) is 11.8 Å². The number of nitrogens with one attached hydrogen (secondary N) is 2. The second kappa shape index (κ2) is 28.2. The molecule has 0 radical (unpaired) electrons. The van der Waals surface area contributed by atoms with Gasteiger partial charge in [-0.15, -0.1) is 0 Å². The van der Waals surface area contributed by atoms with Crippen molar-refractivity contribution in [3.05, 3.63) is 0 Å². The summed E-state index contributed by atoms with van der Waals surface area (Å²) in [5.74, 6) is -0.498. The van der Waals surface area contributed by atoms with Crippen LogP contribution < -0.4 is 16.4 Å². The molecule has 1 atom stereocenters. The van der Waals surface area contributed by atoms with E-state index in [1.807, 2.05) is 0 Å². The van der Waals surface area contributed by atoms with Gasteiger partial charge in [-0.25, -0.2) is 0 Å². The van der Waals surface area contributed by atoms with Crippen LogP contribution in [0.4, 0.5) is 0 Å². The van der Waals surface area contributed by atoms with Gasteiger partial charge in [-0.3, -0.25) is 9.59 Å². The molecule has 0 aromatic heterocycles. The van der Waals surface area contributed by atoms with Gasteiger partial charge < -0.3 is 54.3 Å². The van der Waals surface area contributed by atoms with Gasteiger partial charge in [-0.05, 0) is 6.42 Å². The molecule has 0 aromatic carbocycles. The number of hydrogen-bond acceptors (Lipinski definition) is 11.